The summed E-state index contributed by atoms with van der Waals surface area (Å²) in [6, 6.07) is 12.6. The van der Waals surface area contributed by atoms with E-state index in [4.69, 9.17) is 4.74 Å². The molecule has 0 bridgehead atoms. The SMILES string of the molecule is Cc1ccc(-c2cnc(-c3ccc(NC(=O)OC(C)C)cc3)s2)c(S(=O)(=O)NC(C)(C)C)c1. The number of sulfonamides is 1. The number of nitrogens with one attached hydrogen (secondary N) is 2. The number of thiazole rings is 1. The first-order chi connectivity index (χ1) is 15.3. The average molecular weight is 488 g/mol. The molecule has 2 N–H and O–H groups in total. The normalized spacial score (nSPS) is 12.1. The maximum atomic E-state index is 13.1. The first-order valence-electron chi connectivity index (χ1n) is 10.5. The molecule has 0 spiro atoms. The van der Waals surface area contributed by atoms with Crippen molar-refractivity contribution in [1.82, 2.24) is 9.71 Å². The molecule has 0 aliphatic carbocycles. The van der Waals surface area contributed by atoms with Gasteiger partial charge in [-0.05, 0) is 77.4 Å². The smallest absolute Gasteiger partial charge is 0.411 e. The minimum atomic E-state index is -3.72. The van der Waals surface area contributed by atoms with E-state index < -0.39 is 21.7 Å². The van der Waals surface area contributed by atoms with Crippen LogP contribution < -0.4 is 10.0 Å². The fourth-order valence-electron chi connectivity index (χ4n) is 3.10. The van der Waals surface area contributed by atoms with Gasteiger partial charge in [0.25, 0.3) is 0 Å². The molecule has 0 fully saturated rings. The van der Waals surface area contributed by atoms with Gasteiger partial charge in [-0.15, -0.1) is 11.3 Å². The lowest BCUT2D eigenvalue weighted by molar-refractivity contribution is 0.130. The van der Waals surface area contributed by atoms with Crippen LogP contribution in [0.2, 0.25) is 0 Å². The largest absolute Gasteiger partial charge is 0.447 e. The van der Waals surface area contributed by atoms with Crippen LogP contribution in [-0.4, -0.2) is 31.1 Å². The van der Waals surface area contributed by atoms with Crippen LogP contribution in [-0.2, 0) is 14.8 Å². The quantitative estimate of drug-likeness (QED) is 0.457. The van der Waals surface area contributed by atoms with Crippen molar-refractivity contribution < 1.29 is 17.9 Å². The van der Waals surface area contributed by atoms with Crippen molar-refractivity contribution in [2.24, 2.45) is 0 Å². The number of ether oxygens (including phenoxy) is 1. The number of nitrogens with zero attached hydrogens (tertiary/aromatic N) is 1. The van der Waals surface area contributed by atoms with Crippen LogP contribution in [0, 0.1) is 6.92 Å². The first-order valence-corrected chi connectivity index (χ1v) is 12.8. The number of anilines is 1. The number of benzene rings is 2. The highest BCUT2D eigenvalue weighted by Gasteiger charge is 2.26. The van der Waals surface area contributed by atoms with Crippen molar-refractivity contribution in [3.63, 3.8) is 0 Å². The first kappa shape index (κ1) is 24.9. The van der Waals surface area contributed by atoms with Crippen LogP contribution >= 0.6 is 11.3 Å². The maximum absolute atomic E-state index is 13.1. The molecule has 0 saturated carbocycles. The molecule has 0 aliphatic heterocycles. The molecule has 3 aromatic rings. The second-order valence-corrected chi connectivity index (χ2v) is 11.7. The van der Waals surface area contributed by atoms with Gasteiger partial charge < -0.3 is 4.74 Å². The number of carbonyl (C=O) groups is 1. The lowest BCUT2D eigenvalue weighted by Crippen LogP contribution is -2.40. The van der Waals surface area contributed by atoms with Gasteiger partial charge in [-0.25, -0.2) is 22.9 Å². The maximum Gasteiger partial charge on any atom is 0.411 e. The fourth-order valence-corrected chi connectivity index (χ4v) is 5.85. The van der Waals surface area contributed by atoms with Gasteiger partial charge in [0.15, 0.2) is 0 Å². The summed E-state index contributed by atoms with van der Waals surface area (Å²) in [5, 5.41) is 3.42. The van der Waals surface area contributed by atoms with Crippen molar-refractivity contribution in [3.05, 3.63) is 54.2 Å². The molecule has 1 heterocycles. The molecular formula is C24H29N3O4S2. The van der Waals surface area contributed by atoms with Crippen molar-refractivity contribution in [3.8, 4) is 21.0 Å². The number of rotatable bonds is 6. The molecular weight excluding hydrogens is 458 g/mol. The number of hydrogen-bond acceptors (Lipinski definition) is 6. The lowest BCUT2D eigenvalue weighted by atomic mass is 10.1. The highest BCUT2D eigenvalue weighted by molar-refractivity contribution is 7.89. The molecule has 1 aromatic heterocycles. The van der Waals surface area contributed by atoms with Gasteiger partial charge in [0.1, 0.15) is 5.01 Å². The molecule has 7 nitrogen and oxygen atoms in total. The Hall–Kier alpha value is -2.75. The van der Waals surface area contributed by atoms with Gasteiger partial charge in [-0.2, -0.15) is 0 Å². The van der Waals surface area contributed by atoms with Gasteiger partial charge in [-0.3, -0.25) is 5.32 Å². The van der Waals surface area contributed by atoms with E-state index in [-0.39, 0.29) is 11.0 Å². The van der Waals surface area contributed by atoms with Crippen LogP contribution in [0.25, 0.3) is 21.0 Å². The van der Waals surface area contributed by atoms with Crippen LogP contribution in [0.5, 0.6) is 0 Å². The Morgan fingerprint density at radius 2 is 1.76 bits per heavy atom. The Bertz CT molecular complexity index is 1240. The van der Waals surface area contributed by atoms with Crippen LogP contribution in [0.15, 0.2) is 53.6 Å². The minimum absolute atomic E-state index is 0.202. The van der Waals surface area contributed by atoms with Gasteiger partial charge in [0, 0.05) is 28.6 Å². The monoisotopic (exact) mass is 487 g/mol. The molecule has 176 valence electrons. The molecule has 0 aliphatic rings. The third kappa shape index (κ3) is 6.63. The highest BCUT2D eigenvalue weighted by Crippen LogP contribution is 2.36. The zero-order chi connectivity index (χ0) is 24.4. The molecule has 0 saturated heterocycles. The van der Waals surface area contributed by atoms with Crippen molar-refractivity contribution >= 4 is 33.1 Å². The van der Waals surface area contributed by atoms with Crippen LogP contribution in [0.3, 0.4) is 0 Å². The molecule has 1 amide bonds. The third-order valence-corrected chi connectivity index (χ3v) is 7.24. The van der Waals surface area contributed by atoms with E-state index >= 15 is 0 Å². The molecule has 2 aromatic carbocycles. The second kappa shape index (κ2) is 9.62. The van der Waals surface area contributed by atoms with Crippen molar-refractivity contribution in [2.45, 2.75) is 58.1 Å². The van der Waals surface area contributed by atoms with Crippen LogP contribution in [0.1, 0.15) is 40.2 Å². The van der Waals surface area contributed by atoms with E-state index in [2.05, 4.69) is 15.0 Å². The highest BCUT2D eigenvalue weighted by atomic mass is 32.2. The average Bonchev–Trinajstić information content (AvgIpc) is 3.16. The number of carbonyl (C=O) groups excluding carboxylic acids is 1. The summed E-state index contributed by atoms with van der Waals surface area (Å²) in [6.45, 7) is 10.9. The third-order valence-electron chi connectivity index (χ3n) is 4.36. The summed E-state index contributed by atoms with van der Waals surface area (Å²) in [4.78, 5) is 17.3. The van der Waals surface area contributed by atoms with Crippen molar-refractivity contribution in [1.29, 1.82) is 0 Å². The Morgan fingerprint density at radius 3 is 2.36 bits per heavy atom. The van der Waals surface area contributed by atoms with Gasteiger partial charge in [0.2, 0.25) is 10.0 Å². The Morgan fingerprint density at radius 1 is 1.09 bits per heavy atom. The van der Waals surface area contributed by atoms with Crippen molar-refractivity contribution in [2.75, 3.05) is 5.32 Å². The minimum Gasteiger partial charge on any atom is -0.447 e. The Kier molecular flexibility index (Phi) is 7.26. The summed E-state index contributed by atoms with van der Waals surface area (Å²) in [7, 11) is -3.72. The van der Waals surface area contributed by atoms with E-state index in [1.807, 2.05) is 52.0 Å². The Labute approximate surface area is 199 Å². The van der Waals surface area contributed by atoms with Gasteiger partial charge in [-0.1, -0.05) is 12.1 Å². The lowest BCUT2D eigenvalue weighted by Gasteiger charge is -2.21. The summed E-state index contributed by atoms with van der Waals surface area (Å²) in [5.74, 6) is 0. The second-order valence-electron chi connectivity index (χ2n) is 9.04. The van der Waals surface area contributed by atoms with Gasteiger partial charge in [0.05, 0.1) is 15.9 Å². The zero-order valence-corrected chi connectivity index (χ0v) is 21.2. The number of aryl methyl sites for hydroxylation is 1. The molecule has 0 radical (unpaired) electrons. The topological polar surface area (TPSA) is 97.4 Å². The standard InChI is InChI=1S/C24H29N3O4S2/c1-15(2)31-23(28)26-18-10-8-17(9-11-18)22-25-14-20(32-22)19-12-7-16(3)13-21(19)33(29,30)27-24(4,5)6/h7-15,27H,1-6H3,(H,26,28). The molecule has 9 heteroatoms. The van der Waals surface area contributed by atoms with E-state index in [0.717, 1.165) is 21.0 Å². The Balaban J connectivity index is 1.89. The predicted octanol–water partition coefficient (Wildman–Crippen LogP) is 5.82. The number of amides is 1. The van der Waals surface area contributed by atoms with Gasteiger partial charge >= 0.3 is 6.09 Å². The summed E-state index contributed by atoms with van der Waals surface area (Å²) in [6.07, 6.45) is 0.978. The fraction of sp³-hybridized carbons (Fsp3) is 0.333. The molecule has 33 heavy (non-hydrogen) atoms. The molecule has 3 rings (SSSR count). The predicted molar refractivity (Wildman–Crippen MR) is 133 cm³/mol. The zero-order valence-electron chi connectivity index (χ0n) is 19.6. The van der Waals surface area contributed by atoms with Crippen LogP contribution in [0.4, 0.5) is 10.5 Å². The number of hydrogen-bond donors (Lipinski definition) is 2. The van der Waals surface area contributed by atoms with E-state index in [9.17, 15) is 13.2 Å². The summed E-state index contributed by atoms with van der Waals surface area (Å²) < 4.78 is 34.0. The molecule has 0 atom stereocenters. The molecule has 0 unspecified atom stereocenters. The number of aromatic nitrogens is 1. The van der Waals surface area contributed by atoms with E-state index in [0.29, 0.717) is 11.3 Å². The van der Waals surface area contributed by atoms with E-state index in [1.165, 1.54) is 11.3 Å². The van der Waals surface area contributed by atoms with E-state index in [1.54, 1.807) is 38.2 Å². The summed E-state index contributed by atoms with van der Waals surface area (Å²) >= 11 is 1.41. The summed E-state index contributed by atoms with van der Waals surface area (Å²) in [5.41, 5.74) is 2.34.